The van der Waals surface area contributed by atoms with Crippen LogP contribution in [0.1, 0.15) is 18.4 Å². The van der Waals surface area contributed by atoms with E-state index in [-0.39, 0.29) is 16.9 Å². The van der Waals surface area contributed by atoms with Crippen molar-refractivity contribution in [1.82, 2.24) is 0 Å². The molecule has 0 bridgehead atoms. The van der Waals surface area contributed by atoms with Crippen LogP contribution in [0.2, 0.25) is 0 Å². The largest absolute Gasteiger partial charge is 0.506 e. The van der Waals surface area contributed by atoms with Crippen molar-refractivity contribution in [3.63, 3.8) is 0 Å². The second kappa shape index (κ2) is 9.43. The monoisotopic (exact) mass is 562 g/mol. The third kappa shape index (κ3) is 3.65. The number of allylic oxidation sites excluding steroid dienone is 4. The van der Waals surface area contributed by atoms with Gasteiger partial charge in [0.25, 0.3) is 0 Å². The first kappa shape index (κ1) is 25.1. The Balaban J connectivity index is 1.49. The molecule has 1 aromatic heterocycles. The van der Waals surface area contributed by atoms with Crippen molar-refractivity contribution in [2.45, 2.75) is 12.8 Å². The van der Waals surface area contributed by atoms with Gasteiger partial charge in [0.2, 0.25) is 5.75 Å². The van der Waals surface area contributed by atoms with Gasteiger partial charge in [-0.05, 0) is 69.3 Å². The first-order chi connectivity index (χ1) is 21.0. The van der Waals surface area contributed by atoms with Crippen molar-refractivity contribution in [1.29, 1.82) is 0 Å². The minimum atomic E-state index is -0.659. The molecule has 7 aromatic rings. The van der Waals surface area contributed by atoms with E-state index in [2.05, 4.69) is 18.2 Å². The second-order valence-corrected chi connectivity index (χ2v) is 11.0. The molecule has 0 unspecified atom stereocenters. The third-order valence-electron chi connectivity index (χ3n) is 8.58. The topological polar surface area (TPSA) is 94.1 Å². The van der Waals surface area contributed by atoms with Gasteiger partial charge in [0, 0.05) is 16.3 Å². The van der Waals surface area contributed by atoms with Crippen molar-refractivity contribution in [3.05, 3.63) is 115 Å². The number of aromatic hydroxyl groups is 4. The predicted octanol–water partition coefficient (Wildman–Crippen LogP) is 9.78. The summed E-state index contributed by atoms with van der Waals surface area (Å²) in [4.78, 5) is 0. The molecule has 0 amide bonds. The summed E-state index contributed by atoms with van der Waals surface area (Å²) in [5.74, 6) is -2.04. The molecule has 0 radical (unpaired) electrons. The van der Waals surface area contributed by atoms with E-state index < -0.39 is 17.2 Å². The molecule has 5 nitrogen and oxygen atoms in total. The number of benzene rings is 6. The number of phenolic OH excluding ortho intramolecular Hbond substituents is 4. The lowest BCUT2D eigenvalue weighted by molar-refractivity contribution is 0.361. The van der Waals surface area contributed by atoms with Crippen LogP contribution in [-0.2, 0) is 0 Å². The van der Waals surface area contributed by atoms with Crippen LogP contribution < -0.4 is 0 Å². The van der Waals surface area contributed by atoms with Crippen LogP contribution in [0.25, 0.3) is 71.3 Å². The summed E-state index contributed by atoms with van der Waals surface area (Å²) in [7, 11) is 0. The standard InChI is InChI=1S/C38H26O5/c39-35-32(21-10-2-1-3-11-21)36(40)38(42)37(41)34(35)33-26-15-6-4-13-24(26)31(25-14-5-7-16-27(25)33)22-18-19-30-28(20-22)23-12-8-9-17-29(23)43-30/h1-2,4-10,12-20,39-42H,3,11H2. The Bertz CT molecular complexity index is 2280. The van der Waals surface area contributed by atoms with Crippen molar-refractivity contribution in [3.8, 4) is 45.3 Å². The summed E-state index contributed by atoms with van der Waals surface area (Å²) in [5, 5.41) is 50.4. The van der Waals surface area contributed by atoms with E-state index >= 15 is 0 Å². The van der Waals surface area contributed by atoms with Gasteiger partial charge in [0.1, 0.15) is 16.9 Å². The Morgan fingerprint density at radius 3 is 1.72 bits per heavy atom. The summed E-state index contributed by atoms with van der Waals surface area (Å²) in [6.07, 6.45) is 6.99. The zero-order chi connectivity index (χ0) is 29.2. The van der Waals surface area contributed by atoms with Gasteiger partial charge in [-0.2, -0.15) is 0 Å². The van der Waals surface area contributed by atoms with Crippen LogP contribution in [0.15, 0.2) is 114 Å². The number of phenols is 4. The number of hydrogen-bond acceptors (Lipinski definition) is 5. The minimum absolute atomic E-state index is 0.0796. The van der Waals surface area contributed by atoms with Gasteiger partial charge in [-0.1, -0.05) is 91.0 Å². The van der Waals surface area contributed by atoms with Crippen molar-refractivity contribution >= 4 is 49.1 Å². The van der Waals surface area contributed by atoms with Crippen LogP contribution in [0.3, 0.4) is 0 Å². The fourth-order valence-corrected chi connectivity index (χ4v) is 6.64. The quantitative estimate of drug-likeness (QED) is 0.0977. The van der Waals surface area contributed by atoms with Crippen LogP contribution in [0.5, 0.6) is 23.0 Å². The SMILES string of the molecule is Oc1c(O)c(C2=CC=CCC2)c(O)c(-c2c3ccccc3c(-c3ccc4oc5ccccc5c4c3)c3ccccc23)c1O. The highest BCUT2D eigenvalue weighted by Crippen LogP contribution is 2.57. The Hall–Kier alpha value is -5.68. The molecule has 0 saturated heterocycles. The average Bonchev–Trinajstić information content (AvgIpc) is 3.42. The van der Waals surface area contributed by atoms with Crippen molar-refractivity contribution in [2.24, 2.45) is 0 Å². The predicted molar refractivity (Wildman–Crippen MR) is 173 cm³/mol. The molecule has 0 fully saturated rings. The molecular weight excluding hydrogens is 536 g/mol. The highest BCUT2D eigenvalue weighted by molar-refractivity contribution is 6.23. The number of fused-ring (bicyclic) bond motifs is 5. The molecule has 5 heteroatoms. The Kier molecular flexibility index (Phi) is 5.50. The average molecular weight is 563 g/mol. The zero-order valence-electron chi connectivity index (χ0n) is 23.0. The van der Waals surface area contributed by atoms with Gasteiger partial charge in [-0.25, -0.2) is 0 Å². The van der Waals surface area contributed by atoms with E-state index in [9.17, 15) is 20.4 Å². The maximum Gasteiger partial charge on any atom is 0.201 e. The second-order valence-electron chi connectivity index (χ2n) is 11.0. The van der Waals surface area contributed by atoms with E-state index in [0.29, 0.717) is 17.6 Å². The fourth-order valence-electron chi connectivity index (χ4n) is 6.64. The molecule has 0 atom stereocenters. The number of hydrogen-bond donors (Lipinski definition) is 4. The fraction of sp³-hybridized carbons (Fsp3) is 0.0526. The molecular formula is C38H26O5. The van der Waals surface area contributed by atoms with Gasteiger partial charge in [-0.15, -0.1) is 0 Å². The zero-order valence-corrected chi connectivity index (χ0v) is 23.0. The third-order valence-corrected chi connectivity index (χ3v) is 8.58. The lowest BCUT2D eigenvalue weighted by Gasteiger charge is -2.22. The maximum absolute atomic E-state index is 11.8. The van der Waals surface area contributed by atoms with Crippen molar-refractivity contribution in [2.75, 3.05) is 0 Å². The summed E-state index contributed by atoms with van der Waals surface area (Å²) in [6.45, 7) is 0. The van der Waals surface area contributed by atoms with Gasteiger partial charge in [0.15, 0.2) is 11.5 Å². The first-order valence-corrected chi connectivity index (χ1v) is 14.2. The molecule has 4 N–H and O–H groups in total. The molecule has 208 valence electrons. The van der Waals surface area contributed by atoms with E-state index in [0.717, 1.165) is 61.0 Å². The van der Waals surface area contributed by atoms with E-state index in [1.165, 1.54) is 0 Å². The maximum atomic E-state index is 11.8. The Morgan fingerprint density at radius 2 is 1.07 bits per heavy atom. The molecule has 43 heavy (non-hydrogen) atoms. The molecule has 0 saturated carbocycles. The van der Waals surface area contributed by atoms with E-state index in [4.69, 9.17) is 4.42 Å². The van der Waals surface area contributed by atoms with Crippen LogP contribution in [0, 0.1) is 0 Å². The first-order valence-electron chi connectivity index (χ1n) is 14.2. The van der Waals surface area contributed by atoms with Gasteiger partial charge in [-0.3, -0.25) is 0 Å². The van der Waals surface area contributed by atoms with E-state index in [1.807, 2.05) is 91.0 Å². The molecule has 0 spiro atoms. The molecule has 0 aliphatic heterocycles. The van der Waals surface area contributed by atoms with Gasteiger partial charge in [0.05, 0.1) is 11.1 Å². The summed E-state index contributed by atoms with van der Waals surface area (Å²) in [5.41, 5.74) is 5.11. The van der Waals surface area contributed by atoms with Gasteiger partial charge < -0.3 is 24.8 Å². The molecule has 1 aliphatic carbocycles. The lowest BCUT2D eigenvalue weighted by Crippen LogP contribution is -1.96. The Morgan fingerprint density at radius 1 is 0.488 bits per heavy atom. The van der Waals surface area contributed by atoms with Crippen LogP contribution >= 0.6 is 0 Å². The highest BCUT2D eigenvalue weighted by Gasteiger charge is 2.29. The van der Waals surface area contributed by atoms with E-state index in [1.54, 1.807) is 0 Å². The molecule has 6 aromatic carbocycles. The van der Waals surface area contributed by atoms with Gasteiger partial charge >= 0.3 is 0 Å². The summed E-state index contributed by atoms with van der Waals surface area (Å²) >= 11 is 0. The summed E-state index contributed by atoms with van der Waals surface area (Å²) in [6, 6.07) is 29.9. The lowest BCUT2D eigenvalue weighted by atomic mass is 9.83. The Labute approximate surface area is 246 Å². The number of rotatable bonds is 3. The summed E-state index contributed by atoms with van der Waals surface area (Å²) < 4.78 is 6.10. The van der Waals surface area contributed by atoms with Crippen LogP contribution in [0.4, 0.5) is 0 Å². The minimum Gasteiger partial charge on any atom is -0.506 e. The number of para-hydroxylation sites is 1. The smallest absolute Gasteiger partial charge is 0.201 e. The van der Waals surface area contributed by atoms with Crippen molar-refractivity contribution < 1.29 is 24.8 Å². The molecule has 1 aliphatic rings. The normalized spacial score (nSPS) is 13.3. The molecule has 8 rings (SSSR count). The number of furan rings is 1. The highest BCUT2D eigenvalue weighted by atomic mass is 16.3. The van der Waals surface area contributed by atoms with Crippen LogP contribution in [-0.4, -0.2) is 20.4 Å². The molecule has 1 heterocycles.